The van der Waals surface area contributed by atoms with Crippen molar-refractivity contribution in [2.45, 2.75) is 33.1 Å². The molecule has 2 heterocycles. The van der Waals surface area contributed by atoms with Crippen LogP contribution in [0.5, 0.6) is 11.5 Å². The Labute approximate surface area is 243 Å². The van der Waals surface area contributed by atoms with Crippen LogP contribution in [0.15, 0.2) is 72.9 Å². The summed E-state index contributed by atoms with van der Waals surface area (Å²) in [6.07, 6.45) is 6.76. The molecular formula is C34H40N4O3. The van der Waals surface area contributed by atoms with Crippen LogP contribution in [0.2, 0.25) is 0 Å². The predicted octanol–water partition coefficient (Wildman–Crippen LogP) is 7.04. The highest BCUT2D eigenvalue weighted by molar-refractivity contribution is 5.91. The van der Waals surface area contributed by atoms with E-state index < -0.39 is 5.97 Å². The number of benzene rings is 2. The van der Waals surface area contributed by atoms with Crippen LogP contribution in [0, 0.1) is 5.41 Å². The number of carboxylic acid groups (broad SMARTS) is 1. The Morgan fingerprint density at radius 3 is 2.56 bits per heavy atom. The molecule has 1 saturated heterocycles. The Morgan fingerprint density at radius 1 is 1.12 bits per heavy atom. The summed E-state index contributed by atoms with van der Waals surface area (Å²) in [6, 6.07) is 18.0. The lowest BCUT2D eigenvalue weighted by atomic mass is 9.72. The molecule has 2 aromatic carbocycles. The zero-order chi connectivity index (χ0) is 29.0. The number of ether oxygens (including phenoxy) is 1. The van der Waals surface area contributed by atoms with Gasteiger partial charge in [-0.05, 0) is 54.0 Å². The first-order valence-electron chi connectivity index (χ1n) is 14.4. The SMILES string of the molecule is C=Cc1cc(Oc2cc(N3CCN(CC4=C(c5ccccc5)CC(C)(C)CC4)CC3)ccc2C(=O)O)cnc1NC. The van der Waals surface area contributed by atoms with Gasteiger partial charge in [-0.25, -0.2) is 9.78 Å². The highest BCUT2D eigenvalue weighted by atomic mass is 16.5. The van der Waals surface area contributed by atoms with Crippen LogP contribution in [-0.4, -0.2) is 60.7 Å². The summed E-state index contributed by atoms with van der Waals surface area (Å²) in [7, 11) is 1.79. The van der Waals surface area contributed by atoms with E-state index in [4.69, 9.17) is 4.74 Å². The maximum absolute atomic E-state index is 12.0. The molecule has 214 valence electrons. The number of anilines is 2. The van der Waals surface area contributed by atoms with Crippen molar-refractivity contribution in [3.05, 3.63) is 89.6 Å². The van der Waals surface area contributed by atoms with Gasteiger partial charge in [0, 0.05) is 57.1 Å². The van der Waals surface area contributed by atoms with Gasteiger partial charge < -0.3 is 20.1 Å². The average molecular weight is 553 g/mol. The van der Waals surface area contributed by atoms with Crippen LogP contribution in [0.25, 0.3) is 11.6 Å². The monoisotopic (exact) mass is 552 g/mol. The predicted molar refractivity (Wildman–Crippen MR) is 167 cm³/mol. The van der Waals surface area contributed by atoms with Gasteiger partial charge in [0.25, 0.3) is 0 Å². The smallest absolute Gasteiger partial charge is 0.339 e. The van der Waals surface area contributed by atoms with Crippen molar-refractivity contribution in [1.82, 2.24) is 9.88 Å². The normalized spacial score (nSPS) is 17.3. The van der Waals surface area contributed by atoms with Gasteiger partial charge in [-0.3, -0.25) is 4.90 Å². The number of allylic oxidation sites excluding steroid dienone is 1. The van der Waals surface area contributed by atoms with Crippen molar-refractivity contribution >= 4 is 29.1 Å². The van der Waals surface area contributed by atoms with Crippen molar-refractivity contribution < 1.29 is 14.6 Å². The Morgan fingerprint density at radius 2 is 1.88 bits per heavy atom. The van der Waals surface area contributed by atoms with Crippen molar-refractivity contribution in [2.24, 2.45) is 5.41 Å². The number of carbonyl (C=O) groups is 1. The summed E-state index contributed by atoms with van der Waals surface area (Å²) >= 11 is 0. The number of rotatable bonds is 9. The van der Waals surface area contributed by atoms with E-state index in [-0.39, 0.29) is 5.56 Å². The van der Waals surface area contributed by atoms with Gasteiger partial charge in [-0.1, -0.05) is 62.4 Å². The molecule has 5 rings (SSSR count). The summed E-state index contributed by atoms with van der Waals surface area (Å²) < 4.78 is 6.07. The molecule has 0 bridgehead atoms. The summed E-state index contributed by atoms with van der Waals surface area (Å²) in [5.74, 6) is 0.412. The highest BCUT2D eigenvalue weighted by Crippen LogP contribution is 2.43. The molecule has 0 amide bonds. The number of nitrogens with one attached hydrogen (secondary N) is 1. The van der Waals surface area contributed by atoms with Gasteiger partial charge in [0.2, 0.25) is 0 Å². The molecule has 7 nitrogen and oxygen atoms in total. The molecule has 0 radical (unpaired) electrons. The first kappa shape index (κ1) is 28.4. The average Bonchev–Trinajstić information content (AvgIpc) is 2.98. The van der Waals surface area contributed by atoms with Crippen LogP contribution >= 0.6 is 0 Å². The quantitative estimate of drug-likeness (QED) is 0.295. The van der Waals surface area contributed by atoms with Gasteiger partial charge in [0.15, 0.2) is 0 Å². The van der Waals surface area contributed by atoms with E-state index in [1.54, 1.807) is 37.0 Å². The first-order valence-corrected chi connectivity index (χ1v) is 14.4. The number of nitrogens with zero attached hydrogens (tertiary/aromatic N) is 3. The molecule has 1 aromatic heterocycles. The molecule has 0 spiro atoms. The molecule has 41 heavy (non-hydrogen) atoms. The van der Waals surface area contributed by atoms with Crippen molar-refractivity contribution in [2.75, 3.05) is 50.0 Å². The Hall–Kier alpha value is -4.10. The van der Waals surface area contributed by atoms with E-state index in [2.05, 4.69) is 70.9 Å². The van der Waals surface area contributed by atoms with E-state index in [1.807, 2.05) is 12.1 Å². The van der Waals surface area contributed by atoms with E-state index in [0.717, 1.165) is 56.8 Å². The minimum Gasteiger partial charge on any atom is -0.478 e. The highest BCUT2D eigenvalue weighted by Gasteiger charge is 2.29. The minimum absolute atomic E-state index is 0.117. The molecule has 0 saturated carbocycles. The number of hydrogen-bond acceptors (Lipinski definition) is 6. The van der Waals surface area contributed by atoms with E-state index in [0.29, 0.717) is 22.7 Å². The van der Waals surface area contributed by atoms with Gasteiger partial charge in [0.05, 0.1) is 6.20 Å². The van der Waals surface area contributed by atoms with Gasteiger partial charge in [-0.2, -0.15) is 0 Å². The minimum atomic E-state index is -1.03. The fraction of sp³-hybridized carbons (Fsp3) is 0.353. The lowest BCUT2D eigenvalue weighted by Gasteiger charge is -2.39. The second kappa shape index (κ2) is 12.2. The Balaban J connectivity index is 1.30. The maximum atomic E-state index is 12.0. The number of pyridine rings is 1. The third-order valence-electron chi connectivity index (χ3n) is 8.23. The van der Waals surface area contributed by atoms with Crippen molar-refractivity contribution in [3.63, 3.8) is 0 Å². The molecule has 7 heteroatoms. The largest absolute Gasteiger partial charge is 0.478 e. The van der Waals surface area contributed by atoms with E-state index >= 15 is 0 Å². The molecule has 0 unspecified atom stereocenters. The standard InChI is InChI=1S/C34H40N4O3/c1-5-24-19-28(22-36-32(24)35-4)41-31-20-27(11-12-29(31)33(39)40)38-17-15-37(16-18-38)23-26-13-14-34(2,3)21-30(26)25-9-7-6-8-10-25/h5-12,19-20,22H,1,13-18,21,23H2,2-4H3,(H,35,36)(H,39,40). The number of hydrogen-bond donors (Lipinski definition) is 2. The molecule has 3 aromatic rings. The van der Waals surface area contributed by atoms with Gasteiger partial charge in [0.1, 0.15) is 22.9 Å². The lowest BCUT2D eigenvalue weighted by molar-refractivity contribution is 0.0694. The second-order valence-corrected chi connectivity index (χ2v) is 11.7. The van der Waals surface area contributed by atoms with Crippen LogP contribution in [0.3, 0.4) is 0 Å². The third kappa shape index (κ3) is 6.63. The first-order chi connectivity index (χ1) is 19.8. The number of aromatic carboxylic acids is 1. The zero-order valence-electron chi connectivity index (χ0n) is 24.3. The number of aromatic nitrogens is 1. The molecule has 2 aliphatic rings. The van der Waals surface area contributed by atoms with Crippen LogP contribution < -0.4 is 15.0 Å². The topological polar surface area (TPSA) is 77.9 Å². The fourth-order valence-corrected chi connectivity index (χ4v) is 5.86. The van der Waals surface area contributed by atoms with Crippen LogP contribution in [0.4, 0.5) is 11.5 Å². The zero-order valence-corrected chi connectivity index (χ0v) is 24.3. The number of carboxylic acids is 1. The Bertz CT molecular complexity index is 1440. The van der Waals surface area contributed by atoms with E-state index in [9.17, 15) is 9.90 Å². The third-order valence-corrected chi connectivity index (χ3v) is 8.23. The van der Waals surface area contributed by atoms with Crippen molar-refractivity contribution in [3.8, 4) is 11.5 Å². The van der Waals surface area contributed by atoms with Gasteiger partial charge in [-0.15, -0.1) is 0 Å². The number of piperazine rings is 1. The summed E-state index contributed by atoms with van der Waals surface area (Å²) in [5, 5.41) is 12.8. The van der Waals surface area contributed by atoms with Gasteiger partial charge >= 0.3 is 5.97 Å². The Kier molecular flexibility index (Phi) is 8.45. The lowest BCUT2D eigenvalue weighted by Crippen LogP contribution is -2.47. The van der Waals surface area contributed by atoms with Crippen LogP contribution in [0.1, 0.15) is 54.6 Å². The maximum Gasteiger partial charge on any atom is 0.339 e. The fourth-order valence-electron chi connectivity index (χ4n) is 5.86. The second-order valence-electron chi connectivity index (χ2n) is 11.7. The summed E-state index contributed by atoms with van der Waals surface area (Å²) in [4.78, 5) is 21.2. The molecule has 1 aliphatic heterocycles. The summed E-state index contributed by atoms with van der Waals surface area (Å²) in [5.41, 5.74) is 6.63. The van der Waals surface area contributed by atoms with Crippen molar-refractivity contribution in [1.29, 1.82) is 0 Å². The van der Waals surface area contributed by atoms with E-state index in [1.165, 1.54) is 17.6 Å². The molecule has 0 atom stereocenters. The molecular weight excluding hydrogens is 512 g/mol. The summed E-state index contributed by atoms with van der Waals surface area (Å²) in [6.45, 7) is 13.2. The molecule has 1 aliphatic carbocycles. The molecule has 2 N–H and O–H groups in total. The molecule has 1 fully saturated rings. The van der Waals surface area contributed by atoms with Crippen LogP contribution in [-0.2, 0) is 0 Å².